The van der Waals surface area contributed by atoms with E-state index in [9.17, 15) is 5.11 Å². The number of hydrogen-bond donors (Lipinski definition) is 2. The summed E-state index contributed by atoms with van der Waals surface area (Å²) < 4.78 is 5.90. The molecule has 0 radical (unpaired) electrons. The van der Waals surface area contributed by atoms with Gasteiger partial charge < -0.3 is 15.2 Å². The summed E-state index contributed by atoms with van der Waals surface area (Å²) in [5.41, 5.74) is 2.19. The number of para-hydroxylation sites is 1. The molecule has 0 aromatic heterocycles. The van der Waals surface area contributed by atoms with Crippen LogP contribution in [0.2, 0.25) is 0 Å². The van der Waals surface area contributed by atoms with Crippen LogP contribution >= 0.6 is 0 Å². The molecule has 24 heavy (non-hydrogen) atoms. The van der Waals surface area contributed by atoms with Crippen LogP contribution in [-0.2, 0) is 0 Å². The molecular weight excluding hydrogens is 298 g/mol. The smallest absolute Gasteiger partial charge is 0.127 e. The molecule has 0 saturated heterocycles. The van der Waals surface area contributed by atoms with Crippen LogP contribution in [0.4, 0.5) is 0 Å². The monoisotopic (exact) mass is 325 g/mol. The molecular formula is C21H27NO2. The first-order valence-electron chi connectivity index (χ1n) is 9.01. The van der Waals surface area contributed by atoms with Gasteiger partial charge in [0.2, 0.25) is 0 Å². The molecule has 0 unspecified atom stereocenters. The molecule has 3 rings (SSSR count). The lowest BCUT2D eigenvalue weighted by Crippen LogP contribution is -2.39. The van der Waals surface area contributed by atoms with Gasteiger partial charge in [-0.2, -0.15) is 0 Å². The predicted molar refractivity (Wildman–Crippen MR) is 98.3 cm³/mol. The first-order valence-corrected chi connectivity index (χ1v) is 9.01. The molecule has 0 amide bonds. The molecule has 2 aromatic carbocycles. The number of benzene rings is 2. The number of rotatable bonds is 7. The van der Waals surface area contributed by atoms with E-state index in [1.54, 1.807) is 0 Å². The lowest BCUT2D eigenvalue weighted by molar-refractivity contribution is 0.102. The van der Waals surface area contributed by atoms with Crippen LogP contribution in [0.5, 0.6) is 5.75 Å². The highest BCUT2D eigenvalue weighted by atomic mass is 16.5. The second-order valence-corrected chi connectivity index (χ2v) is 6.57. The summed E-state index contributed by atoms with van der Waals surface area (Å²) in [6.45, 7) is 0.905. The van der Waals surface area contributed by atoms with Crippen LogP contribution in [0.1, 0.15) is 32.1 Å². The average molecular weight is 325 g/mol. The van der Waals surface area contributed by atoms with Crippen molar-refractivity contribution in [1.82, 2.24) is 5.32 Å². The Morgan fingerprint density at radius 3 is 2.46 bits per heavy atom. The van der Waals surface area contributed by atoms with E-state index in [1.165, 1.54) is 32.1 Å². The van der Waals surface area contributed by atoms with E-state index in [0.29, 0.717) is 19.2 Å². The van der Waals surface area contributed by atoms with Crippen LogP contribution in [0, 0.1) is 0 Å². The molecule has 1 saturated carbocycles. The molecule has 0 bridgehead atoms. The summed E-state index contributed by atoms with van der Waals surface area (Å²) in [7, 11) is 0. The fourth-order valence-corrected chi connectivity index (χ4v) is 3.30. The number of nitrogens with one attached hydrogen (secondary N) is 1. The largest absolute Gasteiger partial charge is 0.490 e. The van der Waals surface area contributed by atoms with E-state index in [0.717, 1.165) is 16.9 Å². The second-order valence-electron chi connectivity index (χ2n) is 6.57. The minimum atomic E-state index is -0.490. The molecule has 2 aromatic rings. The van der Waals surface area contributed by atoms with Crippen molar-refractivity contribution >= 4 is 0 Å². The van der Waals surface area contributed by atoms with E-state index in [2.05, 4.69) is 23.5 Å². The van der Waals surface area contributed by atoms with Crippen molar-refractivity contribution in [2.24, 2.45) is 0 Å². The first kappa shape index (κ1) is 17.0. The normalized spacial score (nSPS) is 16.7. The highest BCUT2D eigenvalue weighted by Gasteiger charge is 2.15. The molecule has 0 aliphatic heterocycles. The summed E-state index contributed by atoms with van der Waals surface area (Å²) in [4.78, 5) is 0. The fraction of sp³-hybridized carbons (Fsp3) is 0.429. The molecule has 1 atom stereocenters. The van der Waals surface area contributed by atoms with Gasteiger partial charge in [0.25, 0.3) is 0 Å². The van der Waals surface area contributed by atoms with E-state index in [4.69, 9.17) is 4.74 Å². The Morgan fingerprint density at radius 1 is 0.958 bits per heavy atom. The minimum Gasteiger partial charge on any atom is -0.490 e. The van der Waals surface area contributed by atoms with Gasteiger partial charge in [0.1, 0.15) is 18.5 Å². The van der Waals surface area contributed by atoms with E-state index in [-0.39, 0.29) is 0 Å². The third-order valence-electron chi connectivity index (χ3n) is 4.65. The lowest BCUT2D eigenvalue weighted by Gasteiger charge is -2.24. The topological polar surface area (TPSA) is 41.5 Å². The Balaban J connectivity index is 1.53. The van der Waals surface area contributed by atoms with Crippen LogP contribution in [0.15, 0.2) is 54.6 Å². The highest BCUT2D eigenvalue weighted by Crippen LogP contribution is 2.29. The van der Waals surface area contributed by atoms with Crippen molar-refractivity contribution < 1.29 is 9.84 Å². The van der Waals surface area contributed by atoms with Gasteiger partial charge in [-0.15, -0.1) is 0 Å². The maximum absolute atomic E-state index is 10.2. The summed E-state index contributed by atoms with van der Waals surface area (Å²) >= 11 is 0. The Labute approximate surface area is 144 Å². The molecule has 128 valence electrons. The van der Waals surface area contributed by atoms with Crippen LogP contribution in [0.3, 0.4) is 0 Å². The maximum Gasteiger partial charge on any atom is 0.127 e. The standard InChI is InChI=1S/C21H27NO2/c23-19(15-22-18-11-5-2-6-12-18)16-24-21-14-8-7-13-20(21)17-9-3-1-4-10-17/h1,3-4,7-10,13-14,18-19,22-23H,2,5-6,11-12,15-16H2/t19-/m0/s1. The Bertz CT molecular complexity index is 608. The van der Waals surface area contributed by atoms with Crippen molar-refractivity contribution in [1.29, 1.82) is 0 Å². The Hall–Kier alpha value is -1.84. The molecule has 3 nitrogen and oxygen atoms in total. The molecule has 1 fully saturated rings. The van der Waals surface area contributed by atoms with E-state index in [1.807, 2.05) is 36.4 Å². The number of aliphatic hydroxyl groups is 1. The summed E-state index contributed by atoms with van der Waals surface area (Å²) in [5, 5.41) is 13.7. The molecule has 3 heteroatoms. The van der Waals surface area contributed by atoms with E-state index < -0.39 is 6.10 Å². The van der Waals surface area contributed by atoms with Crippen molar-refractivity contribution in [3.05, 3.63) is 54.6 Å². The fourth-order valence-electron chi connectivity index (χ4n) is 3.30. The SMILES string of the molecule is O[C@@H](CNC1CCCCC1)COc1ccccc1-c1ccccc1. The van der Waals surface area contributed by atoms with E-state index >= 15 is 0 Å². The Kier molecular flexibility index (Phi) is 6.27. The van der Waals surface area contributed by atoms with Crippen molar-refractivity contribution in [2.45, 2.75) is 44.2 Å². The van der Waals surface area contributed by atoms with Gasteiger partial charge in [0, 0.05) is 18.2 Å². The highest BCUT2D eigenvalue weighted by molar-refractivity contribution is 5.70. The van der Waals surface area contributed by atoms with Gasteiger partial charge in [-0.05, 0) is 24.5 Å². The van der Waals surface area contributed by atoms with Gasteiger partial charge in [0.15, 0.2) is 0 Å². The van der Waals surface area contributed by atoms with Crippen LogP contribution in [-0.4, -0.2) is 30.4 Å². The van der Waals surface area contributed by atoms with Gasteiger partial charge in [-0.3, -0.25) is 0 Å². The molecule has 0 heterocycles. The molecule has 2 N–H and O–H groups in total. The molecule has 1 aliphatic rings. The third-order valence-corrected chi connectivity index (χ3v) is 4.65. The lowest BCUT2D eigenvalue weighted by atomic mass is 9.95. The van der Waals surface area contributed by atoms with Crippen molar-refractivity contribution in [3.8, 4) is 16.9 Å². The average Bonchev–Trinajstić information content (AvgIpc) is 2.66. The van der Waals surface area contributed by atoms with Gasteiger partial charge in [-0.1, -0.05) is 67.8 Å². The Morgan fingerprint density at radius 2 is 1.67 bits per heavy atom. The van der Waals surface area contributed by atoms with Crippen LogP contribution < -0.4 is 10.1 Å². The summed E-state index contributed by atoms with van der Waals surface area (Å²) in [6, 6.07) is 18.8. The van der Waals surface area contributed by atoms with Crippen LogP contribution in [0.25, 0.3) is 11.1 Å². The first-order chi connectivity index (χ1) is 11.8. The zero-order chi connectivity index (χ0) is 16.6. The second kappa shape index (κ2) is 8.86. The maximum atomic E-state index is 10.2. The summed E-state index contributed by atoms with van der Waals surface area (Å²) in [5.74, 6) is 0.820. The number of aliphatic hydroxyl groups excluding tert-OH is 1. The zero-order valence-electron chi connectivity index (χ0n) is 14.2. The number of ether oxygens (including phenoxy) is 1. The third kappa shape index (κ3) is 4.83. The van der Waals surface area contributed by atoms with Crippen molar-refractivity contribution in [2.75, 3.05) is 13.2 Å². The molecule has 0 spiro atoms. The van der Waals surface area contributed by atoms with Crippen molar-refractivity contribution in [3.63, 3.8) is 0 Å². The summed E-state index contributed by atoms with van der Waals surface area (Å²) in [6.07, 6.45) is 5.91. The molecule has 1 aliphatic carbocycles. The predicted octanol–water partition coefficient (Wildman–Crippen LogP) is 4.02. The van der Waals surface area contributed by atoms with Gasteiger partial charge in [0.05, 0.1) is 0 Å². The zero-order valence-corrected chi connectivity index (χ0v) is 14.2. The minimum absolute atomic E-state index is 0.309. The quantitative estimate of drug-likeness (QED) is 0.808. The van der Waals surface area contributed by atoms with Gasteiger partial charge >= 0.3 is 0 Å². The number of hydrogen-bond acceptors (Lipinski definition) is 3. The van der Waals surface area contributed by atoms with Gasteiger partial charge in [-0.25, -0.2) is 0 Å².